The van der Waals surface area contributed by atoms with Crippen LogP contribution in [0, 0.1) is 6.92 Å². The number of benzene rings is 2. The van der Waals surface area contributed by atoms with E-state index in [-0.39, 0.29) is 5.91 Å². The molecule has 0 unspecified atom stereocenters. The third kappa shape index (κ3) is 5.29. The van der Waals surface area contributed by atoms with Gasteiger partial charge in [-0.05, 0) is 36.3 Å². The number of hydrogen-bond acceptors (Lipinski definition) is 1. The first-order valence-electron chi connectivity index (χ1n) is 7.03. The van der Waals surface area contributed by atoms with Crippen LogP contribution in [0.5, 0.6) is 0 Å². The summed E-state index contributed by atoms with van der Waals surface area (Å²) in [5.41, 5.74) is 1.67. The lowest BCUT2D eigenvalue weighted by Crippen LogP contribution is -2.20. The Kier molecular flexibility index (Phi) is 5.21. The summed E-state index contributed by atoms with van der Waals surface area (Å²) in [6, 6.07) is 12.5. The van der Waals surface area contributed by atoms with Gasteiger partial charge in [0.1, 0.15) is 0 Å². The van der Waals surface area contributed by atoms with Gasteiger partial charge in [-0.15, -0.1) is 0 Å². The topological polar surface area (TPSA) is 29.1 Å². The van der Waals surface area contributed by atoms with Crippen LogP contribution in [-0.2, 0) is 17.5 Å². The fourth-order valence-electron chi connectivity index (χ4n) is 1.94. The van der Waals surface area contributed by atoms with E-state index >= 15 is 0 Å². The molecule has 2 rings (SSSR count). The van der Waals surface area contributed by atoms with E-state index in [4.69, 9.17) is 0 Å². The van der Waals surface area contributed by atoms with Crippen molar-refractivity contribution in [1.29, 1.82) is 0 Å². The number of carbonyl (C=O) groups excluding carboxylic acids is 1. The third-order valence-corrected chi connectivity index (χ3v) is 3.23. The molecular formula is C18H16F3NO. The van der Waals surface area contributed by atoms with E-state index in [0.29, 0.717) is 12.1 Å². The molecule has 0 aliphatic heterocycles. The van der Waals surface area contributed by atoms with Gasteiger partial charge in [0, 0.05) is 12.6 Å². The molecule has 0 bridgehead atoms. The molecule has 0 saturated carbocycles. The van der Waals surface area contributed by atoms with Crippen molar-refractivity contribution in [3.05, 3.63) is 76.9 Å². The monoisotopic (exact) mass is 319 g/mol. The van der Waals surface area contributed by atoms with Crippen molar-refractivity contribution in [1.82, 2.24) is 5.32 Å². The van der Waals surface area contributed by atoms with E-state index in [1.807, 2.05) is 31.2 Å². The van der Waals surface area contributed by atoms with Crippen molar-refractivity contribution in [2.45, 2.75) is 19.6 Å². The molecular weight excluding hydrogens is 303 g/mol. The molecule has 23 heavy (non-hydrogen) atoms. The fraction of sp³-hybridized carbons (Fsp3) is 0.167. The number of alkyl halides is 3. The SMILES string of the molecule is Cc1ccc(CNC(=O)/C=C/c2cccc(C(F)(F)F)c2)cc1. The Labute approximate surface area is 132 Å². The number of rotatable bonds is 4. The highest BCUT2D eigenvalue weighted by Gasteiger charge is 2.30. The van der Waals surface area contributed by atoms with Crippen LogP contribution in [-0.4, -0.2) is 5.91 Å². The molecule has 0 atom stereocenters. The van der Waals surface area contributed by atoms with Gasteiger partial charge in [0.2, 0.25) is 5.91 Å². The second-order valence-corrected chi connectivity index (χ2v) is 5.16. The van der Waals surface area contributed by atoms with Crippen LogP contribution >= 0.6 is 0 Å². The number of nitrogens with one attached hydrogen (secondary N) is 1. The Morgan fingerprint density at radius 1 is 1.13 bits per heavy atom. The van der Waals surface area contributed by atoms with Crippen molar-refractivity contribution >= 4 is 12.0 Å². The largest absolute Gasteiger partial charge is 0.416 e. The maximum absolute atomic E-state index is 12.6. The Hall–Kier alpha value is -2.56. The zero-order valence-electron chi connectivity index (χ0n) is 12.5. The first-order valence-corrected chi connectivity index (χ1v) is 7.03. The smallest absolute Gasteiger partial charge is 0.348 e. The minimum Gasteiger partial charge on any atom is -0.348 e. The number of halogens is 3. The minimum atomic E-state index is -4.39. The first kappa shape index (κ1) is 16.8. The van der Waals surface area contributed by atoms with Gasteiger partial charge in [-0.1, -0.05) is 42.0 Å². The van der Waals surface area contributed by atoms with E-state index in [9.17, 15) is 18.0 Å². The number of hydrogen-bond donors (Lipinski definition) is 1. The van der Waals surface area contributed by atoms with Crippen LogP contribution in [0.15, 0.2) is 54.6 Å². The summed E-state index contributed by atoms with van der Waals surface area (Å²) < 4.78 is 37.8. The minimum absolute atomic E-state index is 0.324. The number of carbonyl (C=O) groups is 1. The van der Waals surface area contributed by atoms with Gasteiger partial charge in [-0.2, -0.15) is 13.2 Å². The molecule has 2 aromatic carbocycles. The lowest BCUT2D eigenvalue weighted by Gasteiger charge is -2.06. The second-order valence-electron chi connectivity index (χ2n) is 5.16. The van der Waals surface area contributed by atoms with E-state index < -0.39 is 11.7 Å². The summed E-state index contributed by atoms with van der Waals surface area (Å²) in [5.74, 6) is -0.358. The summed E-state index contributed by atoms with van der Waals surface area (Å²) in [7, 11) is 0. The quantitative estimate of drug-likeness (QED) is 0.834. The van der Waals surface area contributed by atoms with Crippen molar-refractivity contribution in [2.75, 3.05) is 0 Å². The predicted molar refractivity (Wildman–Crippen MR) is 83.5 cm³/mol. The molecule has 0 aliphatic rings. The molecule has 1 N–H and O–H groups in total. The Bertz CT molecular complexity index is 703. The van der Waals surface area contributed by atoms with Crippen molar-refractivity contribution < 1.29 is 18.0 Å². The Morgan fingerprint density at radius 2 is 1.83 bits per heavy atom. The van der Waals surface area contributed by atoms with Gasteiger partial charge in [0.15, 0.2) is 0 Å². The molecule has 0 aliphatic carbocycles. The number of amides is 1. The maximum atomic E-state index is 12.6. The van der Waals surface area contributed by atoms with E-state index in [1.165, 1.54) is 24.3 Å². The van der Waals surface area contributed by atoms with Crippen molar-refractivity contribution in [2.24, 2.45) is 0 Å². The van der Waals surface area contributed by atoms with Gasteiger partial charge in [0.25, 0.3) is 0 Å². The summed E-state index contributed by atoms with van der Waals surface area (Å²) >= 11 is 0. The summed E-state index contributed by atoms with van der Waals surface area (Å²) in [6.07, 6.45) is -1.80. The van der Waals surface area contributed by atoms with Crippen LogP contribution in [0.4, 0.5) is 13.2 Å². The third-order valence-electron chi connectivity index (χ3n) is 3.23. The van der Waals surface area contributed by atoms with Gasteiger partial charge in [-0.3, -0.25) is 4.79 Å². The van der Waals surface area contributed by atoms with Crippen molar-refractivity contribution in [3.63, 3.8) is 0 Å². The van der Waals surface area contributed by atoms with Gasteiger partial charge >= 0.3 is 6.18 Å². The highest BCUT2D eigenvalue weighted by molar-refractivity contribution is 5.91. The molecule has 1 amide bonds. The number of aryl methyl sites for hydroxylation is 1. The Morgan fingerprint density at radius 3 is 2.48 bits per heavy atom. The van der Waals surface area contributed by atoms with Crippen LogP contribution in [0.1, 0.15) is 22.3 Å². The predicted octanol–water partition coefficient (Wildman–Crippen LogP) is 4.34. The molecule has 5 heteroatoms. The molecule has 0 spiro atoms. The summed E-state index contributed by atoms with van der Waals surface area (Å²) in [4.78, 5) is 11.7. The Balaban J connectivity index is 1.94. The lowest BCUT2D eigenvalue weighted by atomic mass is 10.1. The van der Waals surface area contributed by atoms with Crippen molar-refractivity contribution in [3.8, 4) is 0 Å². The standard InChI is InChI=1S/C18H16F3NO/c1-13-5-7-15(8-6-13)12-22-17(23)10-9-14-3-2-4-16(11-14)18(19,20)21/h2-11H,12H2,1H3,(H,22,23)/b10-9+. The lowest BCUT2D eigenvalue weighted by molar-refractivity contribution is -0.137. The molecule has 0 heterocycles. The second kappa shape index (κ2) is 7.13. The summed E-state index contributed by atoms with van der Waals surface area (Å²) in [5, 5.41) is 2.69. The van der Waals surface area contributed by atoms with Gasteiger partial charge < -0.3 is 5.32 Å². The first-order chi connectivity index (χ1) is 10.8. The molecule has 0 aromatic heterocycles. The molecule has 2 nitrogen and oxygen atoms in total. The van der Waals surface area contributed by atoms with Gasteiger partial charge in [-0.25, -0.2) is 0 Å². The molecule has 2 aromatic rings. The van der Waals surface area contributed by atoms with Gasteiger partial charge in [0.05, 0.1) is 5.56 Å². The van der Waals surface area contributed by atoms with E-state index in [2.05, 4.69) is 5.32 Å². The van der Waals surface area contributed by atoms with Crippen LogP contribution in [0.3, 0.4) is 0 Å². The highest BCUT2D eigenvalue weighted by Crippen LogP contribution is 2.29. The maximum Gasteiger partial charge on any atom is 0.416 e. The molecule has 0 saturated heterocycles. The van der Waals surface area contributed by atoms with E-state index in [0.717, 1.165) is 23.3 Å². The average Bonchev–Trinajstić information content (AvgIpc) is 2.52. The normalized spacial score (nSPS) is 11.7. The van der Waals surface area contributed by atoms with Crippen LogP contribution in [0.25, 0.3) is 6.08 Å². The zero-order chi connectivity index (χ0) is 16.9. The fourth-order valence-corrected chi connectivity index (χ4v) is 1.94. The zero-order valence-corrected chi connectivity index (χ0v) is 12.5. The van der Waals surface area contributed by atoms with Crippen LogP contribution < -0.4 is 5.32 Å². The van der Waals surface area contributed by atoms with E-state index in [1.54, 1.807) is 0 Å². The van der Waals surface area contributed by atoms with Crippen LogP contribution in [0.2, 0.25) is 0 Å². The average molecular weight is 319 g/mol. The molecule has 0 fully saturated rings. The highest BCUT2D eigenvalue weighted by atomic mass is 19.4. The molecule has 120 valence electrons. The molecule has 0 radical (unpaired) electrons. The summed E-state index contributed by atoms with van der Waals surface area (Å²) in [6.45, 7) is 2.34.